The number of amides is 1. The lowest BCUT2D eigenvalue weighted by Crippen LogP contribution is -2.33. The third-order valence-corrected chi connectivity index (χ3v) is 3.96. The summed E-state index contributed by atoms with van der Waals surface area (Å²) in [7, 11) is 0. The molecule has 0 aromatic heterocycles. The molecule has 0 heterocycles. The molecule has 3 nitrogen and oxygen atoms in total. The lowest BCUT2D eigenvalue weighted by molar-refractivity contribution is -0.125. The zero-order chi connectivity index (χ0) is 13.5. The molecule has 104 valence electrons. The zero-order valence-electron chi connectivity index (χ0n) is 11.5. The minimum atomic E-state index is 0.00727. The minimum absolute atomic E-state index is 0.00727. The fraction of sp³-hybridized carbons (Fsp3) is 0.562. The third kappa shape index (κ3) is 4.35. The Kier molecular flexibility index (Phi) is 5.40. The number of benzene rings is 1. The molecular weight excluding hydrogens is 236 g/mol. The van der Waals surface area contributed by atoms with Gasteiger partial charge in [0.15, 0.2) is 0 Å². The second-order valence-corrected chi connectivity index (χ2v) is 5.43. The largest absolute Gasteiger partial charge is 0.356 e. The molecule has 1 fully saturated rings. The van der Waals surface area contributed by atoms with Crippen molar-refractivity contribution in [1.82, 2.24) is 5.32 Å². The molecule has 3 N–H and O–H groups in total. The number of nitrogens with one attached hydrogen (secondary N) is 1. The fourth-order valence-corrected chi connectivity index (χ4v) is 2.73. The Morgan fingerprint density at radius 3 is 2.58 bits per heavy atom. The highest BCUT2D eigenvalue weighted by molar-refractivity contribution is 5.78. The Morgan fingerprint density at radius 2 is 1.89 bits per heavy atom. The van der Waals surface area contributed by atoms with Crippen LogP contribution < -0.4 is 11.1 Å². The molecular formula is C16H24N2O. The highest BCUT2D eigenvalue weighted by Crippen LogP contribution is 2.23. The van der Waals surface area contributed by atoms with Crippen LogP contribution in [-0.4, -0.2) is 12.5 Å². The van der Waals surface area contributed by atoms with Crippen LogP contribution in [0.25, 0.3) is 0 Å². The Hall–Kier alpha value is -1.35. The molecule has 0 bridgehead atoms. The van der Waals surface area contributed by atoms with E-state index in [9.17, 15) is 4.79 Å². The lowest BCUT2D eigenvalue weighted by Gasteiger charge is -2.21. The van der Waals surface area contributed by atoms with Crippen LogP contribution in [0.3, 0.4) is 0 Å². The summed E-state index contributed by atoms with van der Waals surface area (Å²) in [6.45, 7) is 0.672. The van der Waals surface area contributed by atoms with E-state index >= 15 is 0 Å². The maximum absolute atomic E-state index is 12.0. The molecule has 1 aromatic carbocycles. The van der Waals surface area contributed by atoms with Crippen LogP contribution in [0.2, 0.25) is 0 Å². The van der Waals surface area contributed by atoms with E-state index in [4.69, 9.17) is 5.73 Å². The highest BCUT2D eigenvalue weighted by Gasteiger charge is 2.20. The van der Waals surface area contributed by atoms with Crippen LogP contribution >= 0.6 is 0 Å². The van der Waals surface area contributed by atoms with E-state index in [-0.39, 0.29) is 17.9 Å². The van der Waals surface area contributed by atoms with Gasteiger partial charge in [0, 0.05) is 18.5 Å². The molecule has 1 aliphatic carbocycles. The van der Waals surface area contributed by atoms with Gasteiger partial charge in [0.1, 0.15) is 0 Å². The molecule has 0 aliphatic heterocycles. The van der Waals surface area contributed by atoms with Crippen LogP contribution in [0, 0.1) is 5.92 Å². The Labute approximate surface area is 115 Å². The van der Waals surface area contributed by atoms with Crippen molar-refractivity contribution in [2.75, 3.05) is 6.54 Å². The van der Waals surface area contributed by atoms with E-state index in [1.54, 1.807) is 0 Å². The Balaban J connectivity index is 1.69. The van der Waals surface area contributed by atoms with Gasteiger partial charge in [-0.1, -0.05) is 49.6 Å². The summed E-state index contributed by atoms with van der Waals surface area (Å²) in [6.07, 6.45) is 6.57. The molecule has 1 aromatic rings. The number of hydrogen-bond donors (Lipinski definition) is 2. The number of rotatable bonds is 5. The summed E-state index contributed by atoms with van der Waals surface area (Å²) < 4.78 is 0. The zero-order valence-corrected chi connectivity index (χ0v) is 11.5. The summed E-state index contributed by atoms with van der Waals surface area (Å²) in [5.41, 5.74) is 7.24. The minimum Gasteiger partial charge on any atom is -0.356 e. The average molecular weight is 260 g/mol. The summed E-state index contributed by atoms with van der Waals surface area (Å²) in [5.74, 6) is 0.460. The standard InChI is InChI=1S/C16H24N2O/c17-15(13-7-3-1-4-8-13)11-12-18-16(19)14-9-5-2-6-10-14/h1,3-4,7-8,14-15H,2,5-6,9-12,17H2,(H,18,19). The van der Waals surface area contributed by atoms with E-state index in [1.807, 2.05) is 30.3 Å². The van der Waals surface area contributed by atoms with Gasteiger partial charge in [0.05, 0.1) is 0 Å². The molecule has 0 radical (unpaired) electrons. The van der Waals surface area contributed by atoms with E-state index in [0.717, 1.165) is 24.8 Å². The van der Waals surface area contributed by atoms with Gasteiger partial charge in [-0.3, -0.25) is 4.79 Å². The number of hydrogen-bond acceptors (Lipinski definition) is 2. The van der Waals surface area contributed by atoms with Gasteiger partial charge in [0.25, 0.3) is 0 Å². The van der Waals surface area contributed by atoms with E-state index in [1.165, 1.54) is 19.3 Å². The van der Waals surface area contributed by atoms with Gasteiger partial charge in [-0.25, -0.2) is 0 Å². The van der Waals surface area contributed by atoms with Crippen molar-refractivity contribution in [2.24, 2.45) is 11.7 Å². The van der Waals surface area contributed by atoms with Gasteiger partial charge in [-0.2, -0.15) is 0 Å². The predicted octanol–water partition coefficient (Wildman–Crippen LogP) is 2.77. The molecule has 1 unspecified atom stereocenters. The van der Waals surface area contributed by atoms with Crippen molar-refractivity contribution in [1.29, 1.82) is 0 Å². The van der Waals surface area contributed by atoms with Gasteiger partial charge < -0.3 is 11.1 Å². The predicted molar refractivity (Wildman–Crippen MR) is 77.6 cm³/mol. The van der Waals surface area contributed by atoms with Gasteiger partial charge >= 0.3 is 0 Å². The van der Waals surface area contributed by atoms with E-state index in [0.29, 0.717) is 6.54 Å². The van der Waals surface area contributed by atoms with Crippen molar-refractivity contribution in [3.63, 3.8) is 0 Å². The van der Waals surface area contributed by atoms with Crippen LogP contribution in [-0.2, 0) is 4.79 Å². The Morgan fingerprint density at radius 1 is 1.21 bits per heavy atom. The van der Waals surface area contributed by atoms with Crippen molar-refractivity contribution in [2.45, 2.75) is 44.6 Å². The number of carbonyl (C=O) groups is 1. The first-order chi connectivity index (χ1) is 9.27. The summed E-state index contributed by atoms with van der Waals surface area (Å²) in [6, 6.07) is 10.1. The van der Waals surface area contributed by atoms with Gasteiger partial charge in [0.2, 0.25) is 5.91 Å². The summed E-state index contributed by atoms with van der Waals surface area (Å²) >= 11 is 0. The third-order valence-electron chi connectivity index (χ3n) is 3.96. The first-order valence-electron chi connectivity index (χ1n) is 7.35. The number of carbonyl (C=O) groups excluding carboxylic acids is 1. The van der Waals surface area contributed by atoms with Crippen molar-refractivity contribution in [3.05, 3.63) is 35.9 Å². The first-order valence-corrected chi connectivity index (χ1v) is 7.35. The van der Waals surface area contributed by atoms with Crippen molar-refractivity contribution < 1.29 is 4.79 Å². The maximum Gasteiger partial charge on any atom is 0.223 e. The summed E-state index contributed by atoms with van der Waals surface area (Å²) in [4.78, 5) is 12.0. The molecule has 0 saturated heterocycles. The lowest BCUT2D eigenvalue weighted by atomic mass is 9.88. The topological polar surface area (TPSA) is 55.1 Å². The monoisotopic (exact) mass is 260 g/mol. The fourth-order valence-electron chi connectivity index (χ4n) is 2.73. The molecule has 0 spiro atoms. The van der Waals surface area contributed by atoms with Crippen LogP contribution in [0.1, 0.15) is 50.1 Å². The summed E-state index contributed by atoms with van der Waals surface area (Å²) in [5, 5.41) is 3.03. The SMILES string of the molecule is NC(CCNC(=O)C1CCCCC1)c1ccccc1. The second kappa shape index (κ2) is 7.29. The normalized spacial score (nSPS) is 17.9. The molecule has 1 aliphatic rings. The van der Waals surface area contributed by atoms with Crippen LogP contribution in [0.4, 0.5) is 0 Å². The first kappa shape index (κ1) is 14.1. The quantitative estimate of drug-likeness (QED) is 0.855. The molecule has 1 amide bonds. The van der Waals surface area contributed by atoms with Crippen molar-refractivity contribution in [3.8, 4) is 0 Å². The van der Waals surface area contributed by atoms with Crippen LogP contribution in [0.15, 0.2) is 30.3 Å². The molecule has 3 heteroatoms. The molecule has 1 saturated carbocycles. The Bertz CT molecular complexity index is 385. The highest BCUT2D eigenvalue weighted by atomic mass is 16.1. The van der Waals surface area contributed by atoms with Crippen molar-refractivity contribution >= 4 is 5.91 Å². The smallest absolute Gasteiger partial charge is 0.223 e. The van der Waals surface area contributed by atoms with Gasteiger partial charge in [-0.05, 0) is 24.8 Å². The van der Waals surface area contributed by atoms with E-state index < -0.39 is 0 Å². The average Bonchev–Trinajstić information content (AvgIpc) is 2.49. The molecule has 19 heavy (non-hydrogen) atoms. The molecule has 1 atom stereocenters. The van der Waals surface area contributed by atoms with Gasteiger partial charge in [-0.15, -0.1) is 0 Å². The maximum atomic E-state index is 12.0. The van der Waals surface area contributed by atoms with Crippen LogP contribution in [0.5, 0.6) is 0 Å². The molecule has 2 rings (SSSR count). The van der Waals surface area contributed by atoms with E-state index in [2.05, 4.69) is 5.32 Å². The number of nitrogens with two attached hydrogens (primary N) is 1. The second-order valence-electron chi connectivity index (χ2n) is 5.43.